The summed E-state index contributed by atoms with van der Waals surface area (Å²) in [4.78, 5) is 0. The molecule has 0 amide bonds. The summed E-state index contributed by atoms with van der Waals surface area (Å²) in [6.07, 6.45) is 0.532. The first kappa shape index (κ1) is 15.8. The van der Waals surface area contributed by atoms with E-state index in [4.69, 9.17) is 8.92 Å². The van der Waals surface area contributed by atoms with Gasteiger partial charge in [-0.15, -0.1) is 0 Å². The highest BCUT2D eigenvalue weighted by atomic mass is 32.2. The lowest BCUT2D eigenvalue weighted by Crippen LogP contribution is -2.23. The lowest BCUT2D eigenvalue weighted by Gasteiger charge is -2.14. The van der Waals surface area contributed by atoms with Gasteiger partial charge in [0.1, 0.15) is 11.9 Å². The quantitative estimate of drug-likeness (QED) is 0.823. The highest BCUT2D eigenvalue weighted by Crippen LogP contribution is 2.22. The van der Waals surface area contributed by atoms with Gasteiger partial charge in [-0.1, -0.05) is 24.3 Å². The number of benzene rings is 2. The van der Waals surface area contributed by atoms with Crippen LogP contribution in [-0.4, -0.2) is 39.6 Å². The Balaban J connectivity index is 2.22. The van der Waals surface area contributed by atoms with Gasteiger partial charge in [-0.2, -0.15) is 8.42 Å². The molecule has 2 rings (SSSR count). The third kappa shape index (κ3) is 4.42. The van der Waals surface area contributed by atoms with E-state index in [0.29, 0.717) is 6.42 Å². The zero-order valence-electron chi connectivity index (χ0n) is 11.9. The predicted molar refractivity (Wildman–Crippen MR) is 81.0 cm³/mol. The number of hydrogen-bond acceptors (Lipinski definition) is 5. The zero-order chi connectivity index (χ0) is 15.5. The van der Waals surface area contributed by atoms with E-state index in [-0.39, 0.29) is 6.61 Å². The number of methoxy groups -OCH3 is 1. The van der Waals surface area contributed by atoms with E-state index in [1.807, 2.05) is 36.4 Å². The minimum atomic E-state index is -3.58. The van der Waals surface area contributed by atoms with Gasteiger partial charge in [0, 0.05) is 6.42 Å². The van der Waals surface area contributed by atoms with Crippen LogP contribution in [0.1, 0.15) is 5.56 Å². The second kappa shape index (κ2) is 6.43. The Labute approximate surface area is 124 Å². The monoisotopic (exact) mass is 310 g/mol. The first-order chi connectivity index (χ1) is 9.91. The SMILES string of the molecule is COc1ccc2cc(CC(CO)OS(C)(=O)=O)ccc2c1. The summed E-state index contributed by atoms with van der Waals surface area (Å²) in [6, 6.07) is 11.5. The van der Waals surface area contributed by atoms with Gasteiger partial charge >= 0.3 is 0 Å². The third-order valence-corrected chi connectivity index (χ3v) is 3.71. The summed E-state index contributed by atoms with van der Waals surface area (Å²) >= 11 is 0. The van der Waals surface area contributed by atoms with E-state index in [0.717, 1.165) is 28.3 Å². The van der Waals surface area contributed by atoms with Crippen molar-refractivity contribution in [2.75, 3.05) is 20.0 Å². The molecule has 0 heterocycles. The van der Waals surface area contributed by atoms with E-state index in [2.05, 4.69) is 0 Å². The molecule has 0 fully saturated rings. The largest absolute Gasteiger partial charge is 0.497 e. The van der Waals surface area contributed by atoms with Crippen molar-refractivity contribution < 1.29 is 22.4 Å². The van der Waals surface area contributed by atoms with Crippen molar-refractivity contribution in [1.82, 2.24) is 0 Å². The Kier molecular flexibility index (Phi) is 4.82. The number of ether oxygens (including phenoxy) is 1. The molecule has 0 saturated carbocycles. The minimum Gasteiger partial charge on any atom is -0.497 e. The van der Waals surface area contributed by atoms with Crippen LogP contribution in [0.25, 0.3) is 10.8 Å². The van der Waals surface area contributed by atoms with Crippen molar-refractivity contribution in [3.63, 3.8) is 0 Å². The van der Waals surface area contributed by atoms with Crippen LogP contribution < -0.4 is 4.74 Å². The van der Waals surface area contributed by atoms with Crippen LogP contribution in [0, 0.1) is 0 Å². The summed E-state index contributed by atoms with van der Waals surface area (Å²) in [5.41, 5.74) is 0.898. The number of hydrogen-bond donors (Lipinski definition) is 1. The van der Waals surface area contributed by atoms with Gasteiger partial charge in [0.15, 0.2) is 0 Å². The van der Waals surface area contributed by atoms with Crippen molar-refractivity contribution in [3.05, 3.63) is 42.0 Å². The standard InChI is InChI=1S/C15H18O5S/c1-19-14-6-5-12-7-11(3-4-13(12)9-14)8-15(10-16)20-21(2,17)18/h3-7,9,15-16H,8,10H2,1-2H3. The number of fused-ring (bicyclic) bond motifs is 1. The summed E-state index contributed by atoms with van der Waals surface area (Å²) in [5.74, 6) is 0.781. The highest BCUT2D eigenvalue weighted by Gasteiger charge is 2.15. The molecule has 0 aliphatic heterocycles. The molecule has 114 valence electrons. The molecule has 1 N–H and O–H groups in total. The van der Waals surface area contributed by atoms with Gasteiger partial charge in [0.25, 0.3) is 10.1 Å². The van der Waals surface area contributed by atoms with Crippen molar-refractivity contribution in [2.24, 2.45) is 0 Å². The number of aliphatic hydroxyl groups is 1. The fraction of sp³-hybridized carbons (Fsp3) is 0.333. The lowest BCUT2D eigenvalue weighted by molar-refractivity contribution is 0.122. The van der Waals surface area contributed by atoms with Crippen LogP contribution in [0.15, 0.2) is 36.4 Å². The van der Waals surface area contributed by atoms with Crippen LogP contribution in [-0.2, 0) is 20.7 Å². The van der Waals surface area contributed by atoms with E-state index < -0.39 is 16.2 Å². The van der Waals surface area contributed by atoms with Crippen LogP contribution in [0.5, 0.6) is 5.75 Å². The Morgan fingerprint density at radius 2 is 1.81 bits per heavy atom. The van der Waals surface area contributed by atoms with Crippen LogP contribution in [0.3, 0.4) is 0 Å². The molecule has 1 unspecified atom stereocenters. The average molecular weight is 310 g/mol. The highest BCUT2D eigenvalue weighted by molar-refractivity contribution is 7.86. The molecule has 21 heavy (non-hydrogen) atoms. The van der Waals surface area contributed by atoms with Crippen LogP contribution >= 0.6 is 0 Å². The summed E-state index contributed by atoms with van der Waals surface area (Å²) < 4.78 is 32.3. The summed E-state index contributed by atoms with van der Waals surface area (Å²) in [5, 5.41) is 11.3. The number of rotatable bonds is 6. The smallest absolute Gasteiger partial charge is 0.264 e. The topological polar surface area (TPSA) is 72.8 Å². The molecule has 6 heteroatoms. The van der Waals surface area contributed by atoms with Crippen molar-refractivity contribution in [3.8, 4) is 5.75 Å². The average Bonchev–Trinajstić information content (AvgIpc) is 2.44. The van der Waals surface area contributed by atoms with Gasteiger partial charge in [-0.25, -0.2) is 0 Å². The first-order valence-electron chi connectivity index (χ1n) is 6.47. The molecular formula is C15H18O5S. The fourth-order valence-electron chi connectivity index (χ4n) is 2.17. The van der Waals surface area contributed by atoms with E-state index in [1.165, 1.54) is 0 Å². The molecule has 0 spiro atoms. The molecule has 0 saturated heterocycles. The minimum absolute atomic E-state index is 0.325. The Bertz CT molecular complexity index is 724. The van der Waals surface area contributed by atoms with Crippen molar-refractivity contribution in [2.45, 2.75) is 12.5 Å². The number of aliphatic hydroxyl groups excluding tert-OH is 1. The summed E-state index contributed by atoms with van der Waals surface area (Å²) in [6.45, 7) is -0.353. The maximum absolute atomic E-state index is 11.1. The maximum atomic E-state index is 11.1. The molecule has 5 nitrogen and oxygen atoms in total. The first-order valence-corrected chi connectivity index (χ1v) is 8.29. The predicted octanol–water partition coefficient (Wildman–Crippen LogP) is 1.73. The molecule has 0 aliphatic rings. The van der Waals surface area contributed by atoms with E-state index in [1.54, 1.807) is 7.11 Å². The second-order valence-electron chi connectivity index (χ2n) is 4.86. The maximum Gasteiger partial charge on any atom is 0.264 e. The molecule has 0 aliphatic carbocycles. The third-order valence-electron chi connectivity index (χ3n) is 3.09. The Morgan fingerprint density at radius 3 is 2.43 bits per heavy atom. The van der Waals surface area contributed by atoms with Crippen molar-refractivity contribution >= 4 is 20.9 Å². The zero-order valence-corrected chi connectivity index (χ0v) is 12.8. The molecule has 2 aromatic rings. The van der Waals surface area contributed by atoms with Gasteiger partial charge in [-0.05, 0) is 28.5 Å². The van der Waals surface area contributed by atoms with Crippen LogP contribution in [0.4, 0.5) is 0 Å². The second-order valence-corrected chi connectivity index (χ2v) is 6.46. The molecule has 1 atom stereocenters. The fourth-order valence-corrected chi connectivity index (χ4v) is 2.79. The van der Waals surface area contributed by atoms with Gasteiger partial charge in [-0.3, -0.25) is 4.18 Å². The Morgan fingerprint density at radius 1 is 1.14 bits per heavy atom. The van der Waals surface area contributed by atoms with Crippen molar-refractivity contribution in [1.29, 1.82) is 0 Å². The van der Waals surface area contributed by atoms with Gasteiger partial charge in [0.05, 0.1) is 20.0 Å². The molecule has 2 aromatic carbocycles. The lowest BCUT2D eigenvalue weighted by atomic mass is 10.0. The van der Waals surface area contributed by atoms with Gasteiger partial charge in [0.2, 0.25) is 0 Å². The van der Waals surface area contributed by atoms with Gasteiger partial charge < -0.3 is 9.84 Å². The van der Waals surface area contributed by atoms with Crippen LogP contribution in [0.2, 0.25) is 0 Å². The molecule has 0 aromatic heterocycles. The molecular weight excluding hydrogens is 292 g/mol. The Hall–Kier alpha value is -1.63. The molecule has 0 bridgehead atoms. The van der Waals surface area contributed by atoms with E-state index >= 15 is 0 Å². The van der Waals surface area contributed by atoms with E-state index in [9.17, 15) is 13.5 Å². The molecule has 0 radical (unpaired) electrons. The summed E-state index contributed by atoms with van der Waals surface area (Å²) in [7, 11) is -1.97. The normalized spacial score (nSPS) is 13.3.